The number of nitrogens with one attached hydrogen (secondary N) is 1. The molecule has 6 heteroatoms. The normalized spacial score (nSPS) is 14.7. The minimum Gasteiger partial charge on any atom is -0.320 e. The van der Waals surface area contributed by atoms with E-state index in [1.807, 2.05) is 41.1 Å². The van der Waals surface area contributed by atoms with Crippen molar-refractivity contribution in [2.45, 2.75) is 19.4 Å². The van der Waals surface area contributed by atoms with Crippen LogP contribution in [0.5, 0.6) is 0 Å². The largest absolute Gasteiger partial charge is 0.320 e. The van der Waals surface area contributed by atoms with Crippen LogP contribution in [0, 0.1) is 0 Å². The molecule has 0 unspecified atom stereocenters. The third-order valence-corrected chi connectivity index (χ3v) is 6.21. The highest BCUT2D eigenvalue weighted by atomic mass is 32.1. The molecule has 3 aromatic rings. The fourth-order valence-electron chi connectivity index (χ4n) is 3.04. The van der Waals surface area contributed by atoms with Crippen molar-refractivity contribution in [2.75, 3.05) is 18.4 Å². The van der Waals surface area contributed by atoms with E-state index >= 15 is 0 Å². The lowest BCUT2D eigenvalue weighted by molar-refractivity contribution is 0.102. The minimum absolute atomic E-state index is 0.145. The van der Waals surface area contributed by atoms with Gasteiger partial charge in [-0.15, -0.1) is 22.7 Å². The second-order valence-electron chi connectivity index (χ2n) is 6.11. The van der Waals surface area contributed by atoms with Gasteiger partial charge in [-0.3, -0.25) is 9.69 Å². The summed E-state index contributed by atoms with van der Waals surface area (Å²) in [5.74, 6) is -0.145. The molecule has 0 aliphatic carbocycles. The van der Waals surface area contributed by atoms with Crippen LogP contribution in [-0.2, 0) is 6.54 Å². The van der Waals surface area contributed by atoms with Crippen LogP contribution in [0.4, 0.5) is 5.69 Å². The number of thiophene rings is 1. The van der Waals surface area contributed by atoms with Crippen LogP contribution < -0.4 is 5.32 Å². The highest BCUT2D eigenvalue weighted by Crippen LogP contribution is 2.28. The van der Waals surface area contributed by atoms with Gasteiger partial charge in [0.1, 0.15) is 10.7 Å². The second kappa shape index (κ2) is 7.47. The summed E-state index contributed by atoms with van der Waals surface area (Å²) in [5.41, 5.74) is 2.51. The Balaban J connectivity index is 1.49. The molecule has 2 aromatic heterocycles. The third kappa shape index (κ3) is 3.81. The van der Waals surface area contributed by atoms with Gasteiger partial charge >= 0.3 is 0 Å². The molecule has 1 aliphatic rings. The maximum Gasteiger partial charge on any atom is 0.275 e. The summed E-state index contributed by atoms with van der Waals surface area (Å²) in [6.45, 7) is 3.16. The van der Waals surface area contributed by atoms with Gasteiger partial charge in [-0.1, -0.05) is 24.3 Å². The average molecular weight is 370 g/mol. The highest BCUT2D eigenvalue weighted by Gasteiger charge is 2.16. The zero-order chi connectivity index (χ0) is 17.1. The van der Waals surface area contributed by atoms with E-state index < -0.39 is 0 Å². The second-order valence-corrected chi connectivity index (χ2v) is 7.92. The molecule has 1 aromatic carbocycles. The monoisotopic (exact) mass is 369 g/mol. The number of nitrogens with zero attached hydrogens (tertiary/aromatic N) is 2. The maximum absolute atomic E-state index is 12.6. The van der Waals surface area contributed by atoms with Gasteiger partial charge < -0.3 is 5.32 Å². The van der Waals surface area contributed by atoms with Crippen molar-refractivity contribution in [1.29, 1.82) is 0 Å². The quantitative estimate of drug-likeness (QED) is 0.708. The third-order valence-electron chi connectivity index (χ3n) is 4.33. The van der Waals surface area contributed by atoms with Gasteiger partial charge in [0, 0.05) is 17.6 Å². The topological polar surface area (TPSA) is 45.2 Å². The number of thiazole rings is 1. The maximum atomic E-state index is 12.6. The van der Waals surface area contributed by atoms with Crippen molar-refractivity contribution in [3.8, 4) is 9.88 Å². The van der Waals surface area contributed by atoms with Gasteiger partial charge in [-0.05, 0) is 49.0 Å². The molecule has 4 rings (SSSR count). The van der Waals surface area contributed by atoms with Crippen LogP contribution in [-0.4, -0.2) is 28.9 Å². The molecule has 1 N–H and O–H groups in total. The number of benzene rings is 1. The van der Waals surface area contributed by atoms with E-state index in [9.17, 15) is 4.79 Å². The van der Waals surface area contributed by atoms with Gasteiger partial charge in [-0.2, -0.15) is 0 Å². The number of anilines is 1. The molecule has 25 heavy (non-hydrogen) atoms. The molecule has 4 nitrogen and oxygen atoms in total. The Kier molecular flexibility index (Phi) is 4.92. The van der Waals surface area contributed by atoms with Crippen molar-refractivity contribution >= 4 is 34.3 Å². The van der Waals surface area contributed by atoms with Gasteiger partial charge in [0.15, 0.2) is 0 Å². The van der Waals surface area contributed by atoms with E-state index in [2.05, 4.69) is 21.3 Å². The first-order valence-electron chi connectivity index (χ1n) is 8.40. The molecule has 1 aliphatic heterocycles. The fourth-order valence-corrected chi connectivity index (χ4v) is 4.65. The summed E-state index contributed by atoms with van der Waals surface area (Å²) in [5, 5.41) is 7.78. The van der Waals surface area contributed by atoms with E-state index in [-0.39, 0.29) is 5.91 Å². The van der Waals surface area contributed by atoms with Crippen molar-refractivity contribution in [1.82, 2.24) is 9.88 Å². The predicted molar refractivity (Wildman–Crippen MR) is 104 cm³/mol. The van der Waals surface area contributed by atoms with Gasteiger partial charge in [0.2, 0.25) is 0 Å². The number of aromatic nitrogens is 1. The number of rotatable bonds is 5. The number of carbonyl (C=O) groups is 1. The highest BCUT2D eigenvalue weighted by molar-refractivity contribution is 7.20. The fraction of sp³-hybridized carbons (Fsp3) is 0.263. The zero-order valence-electron chi connectivity index (χ0n) is 13.8. The Morgan fingerprint density at radius 1 is 1.12 bits per heavy atom. The average Bonchev–Trinajstić information content (AvgIpc) is 3.38. The molecule has 128 valence electrons. The van der Waals surface area contributed by atoms with Crippen LogP contribution in [0.2, 0.25) is 0 Å². The van der Waals surface area contributed by atoms with Gasteiger partial charge in [0.05, 0.1) is 4.88 Å². The summed E-state index contributed by atoms with van der Waals surface area (Å²) in [6, 6.07) is 12.1. The Hall–Kier alpha value is -2.02. The standard InChI is InChI=1S/C19H19N3OS2/c23-18(16-13-25-19(21-16)17-8-5-11-24-17)20-15-7-2-1-6-14(15)12-22-9-3-4-10-22/h1-2,5-8,11,13H,3-4,9-10,12H2,(H,20,23). The van der Waals surface area contributed by atoms with Crippen LogP contribution in [0.15, 0.2) is 47.2 Å². The summed E-state index contributed by atoms with van der Waals surface area (Å²) < 4.78 is 0. The van der Waals surface area contributed by atoms with Crippen molar-refractivity contribution < 1.29 is 4.79 Å². The molecule has 1 amide bonds. The Bertz CT molecular complexity index is 851. The van der Waals surface area contributed by atoms with E-state index in [4.69, 9.17) is 0 Å². The van der Waals surface area contributed by atoms with E-state index in [0.29, 0.717) is 5.69 Å². The predicted octanol–water partition coefficient (Wildman–Crippen LogP) is 4.72. The molecular formula is C19H19N3OS2. The molecule has 1 saturated heterocycles. The van der Waals surface area contributed by atoms with Crippen LogP contribution >= 0.6 is 22.7 Å². The minimum atomic E-state index is -0.145. The molecule has 0 atom stereocenters. The first-order chi connectivity index (χ1) is 12.3. The Morgan fingerprint density at radius 3 is 2.76 bits per heavy atom. The van der Waals surface area contributed by atoms with E-state index in [1.54, 1.807) is 11.3 Å². The summed E-state index contributed by atoms with van der Waals surface area (Å²) in [4.78, 5) is 20.6. The molecule has 0 saturated carbocycles. The molecular weight excluding hydrogens is 350 g/mol. The van der Waals surface area contributed by atoms with Crippen molar-refractivity contribution in [3.05, 3.63) is 58.4 Å². The lowest BCUT2D eigenvalue weighted by Crippen LogP contribution is -2.20. The SMILES string of the molecule is O=C(Nc1ccccc1CN1CCCC1)c1csc(-c2cccs2)n1. The first-order valence-corrected chi connectivity index (χ1v) is 10.2. The number of hydrogen-bond acceptors (Lipinski definition) is 5. The zero-order valence-corrected chi connectivity index (χ0v) is 15.4. The smallest absolute Gasteiger partial charge is 0.275 e. The lowest BCUT2D eigenvalue weighted by atomic mass is 10.1. The van der Waals surface area contributed by atoms with Crippen molar-refractivity contribution in [2.24, 2.45) is 0 Å². The lowest BCUT2D eigenvalue weighted by Gasteiger charge is -2.17. The van der Waals surface area contributed by atoms with E-state index in [1.165, 1.54) is 24.2 Å². The number of amides is 1. The number of para-hydroxylation sites is 1. The molecule has 3 heterocycles. The first kappa shape index (κ1) is 16.4. The van der Waals surface area contributed by atoms with Gasteiger partial charge in [0.25, 0.3) is 5.91 Å². The van der Waals surface area contributed by atoms with Crippen LogP contribution in [0.3, 0.4) is 0 Å². The van der Waals surface area contributed by atoms with Crippen LogP contribution in [0.25, 0.3) is 9.88 Å². The van der Waals surface area contributed by atoms with Crippen LogP contribution in [0.1, 0.15) is 28.9 Å². The Morgan fingerprint density at radius 2 is 1.96 bits per heavy atom. The molecule has 0 bridgehead atoms. The molecule has 1 fully saturated rings. The number of carbonyl (C=O) groups excluding carboxylic acids is 1. The number of hydrogen-bond donors (Lipinski definition) is 1. The summed E-state index contributed by atoms with van der Waals surface area (Å²) in [6.07, 6.45) is 2.53. The molecule has 0 spiro atoms. The summed E-state index contributed by atoms with van der Waals surface area (Å²) >= 11 is 3.14. The van der Waals surface area contributed by atoms with E-state index in [0.717, 1.165) is 40.8 Å². The van der Waals surface area contributed by atoms with Crippen molar-refractivity contribution in [3.63, 3.8) is 0 Å². The number of likely N-dealkylation sites (tertiary alicyclic amines) is 1. The summed E-state index contributed by atoms with van der Waals surface area (Å²) in [7, 11) is 0. The Labute approximate surface area is 155 Å². The molecule has 0 radical (unpaired) electrons. The van der Waals surface area contributed by atoms with Gasteiger partial charge in [-0.25, -0.2) is 4.98 Å².